The lowest BCUT2D eigenvalue weighted by Crippen LogP contribution is -2.23. The van der Waals surface area contributed by atoms with Gasteiger partial charge in [-0.2, -0.15) is 0 Å². The van der Waals surface area contributed by atoms with Gasteiger partial charge in [-0.1, -0.05) is 25.7 Å². The van der Waals surface area contributed by atoms with Crippen molar-refractivity contribution in [3.05, 3.63) is 0 Å². The van der Waals surface area contributed by atoms with Crippen LogP contribution in [-0.2, 0) is 27.9 Å². The van der Waals surface area contributed by atoms with Crippen LogP contribution in [0.4, 0.5) is 0 Å². The minimum Gasteiger partial charge on any atom is -0.460 e. The molecule has 0 spiro atoms. The van der Waals surface area contributed by atoms with Crippen LogP contribution in [0.25, 0.3) is 0 Å². The molecular formula is C17H33O6P. The van der Waals surface area contributed by atoms with Gasteiger partial charge in [0.2, 0.25) is 0 Å². The predicted molar refractivity (Wildman–Crippen MR) is 94.3 cm³/mol. The molecule has 0 aliphatic heterocycles. The highest BCUT2D eigenvalue weighted by atomic mass is 31.2. The molecule has 24 heavy (non-hydrogen) atoms. The Morgan fingerprint density at radius 2 is 1.29 bits per heavy atom. The first-order chi connectivity index (χ1) is 11.1. The van der Waals surface area contributed by atoms with Gasteiger partial charge >= 0.3 is 13.6 Å². The van der Waals surface area contributed by atoms with Crippen molar-refractivity contribution < 1.29 is 27.9 Å². The summed E-state index contributed by atoms with van der Waals surface area (Å²) in [5.74, 6) is -0.235. The molecule has 6 nitrogen and oxygen atoms in total. The summed E-state index contributed by atoms with van der Waals surface area (Å²) >= 11 is 0. The lowest BCUT2D eigenvalue weighted by atomic mass is 10.1. The van der Waals surface area contributed by atoms with Crippen molar-refractivity contribution in [2.75, 3.05) is 20.4 Å². The van der Waals surface area contributed by atoms with Crippen molar-refractivity contribution in [2.45, 2.75) is 77.7 Å². The second-order valence-electron chi connectivity index (χ2n) is 6.88. The maximum absolute atomic E-state index is 11.8. The minimum atomic E-state index is -3.23. The number of esters is 1. The molecule has 0 amide bonds. The normalized spacial score (nSPS) is 12.2. The summed E-state index contributed by atoms with van der Waals surface area (Å²) in [5.41, 5.74) is -0.417. The van der Waals surface area contributed by atoms with Crippen molar-refractivity contribution in [2.24, 2.45) is 0 Å². The van der Waals surface area contributed by atoms with Crippen LogP contribution in [0.3, 0.4) is 0 Å². The summed E-state index contributed by atoms with van der Waals surface area (Å²) in [7, 11) is -0.653. The van der Waals surface area contributed by atoms with Crippen molar-refractivity contribution in [1.82, 2.24) is 0 Å². The fourth-order valence-corrected chi connectivity index (χ4v) is 3.19. The molecule has 0 unspecified atom stereocenters. The van der Waals surface area contributed by atoms with E-state index in [0.717, 1.165) is 38.5 Å². The lowest BCUT2D eigenvalue weighted by molar-refractivity contribution is -0.154. The predicted octanol–water partition coefficient (Wildman–Crippen LogP) is 4.50. The van der Waals surface area contributed by atoms with Crippen molar-refractivity contribution in [3.63, 3.8) is 0 Å². The zero-order chi connectivity index (χ0) is 18.6. The molecule has 0 aliphatic carbocycles. The van der Waals surface area contributed by atoms with E-state index in [2.05, 4.69) is 0 Å². The first-order valence-corrected chi connectivity index (χ1v) is 10.3. The largest absolute Gasteiger partial charge is 0.460 e. The average molecular weight is 364 g/mol. The van der Waals surface area contributed by atoms with E-state index in [-0.39, 0.29) is 17.9 Å². The Balaban J connectivity index is 3.60. The molecule has 0 atom stereocenters. The molecule has 0 fully saturated rings. The van der Waals surface area contributed by atoms with E-state index in [1.165, 1.54) is 14.2 Å². The van der Waals surface area contributed by atoms with Crippen LogP contribution in [-0.4, -0.2) is 37.7 Å². The van der Waals surface area contributed by atoms with Gasteiger partial charge in [0.15, 0.2) is 0 Å². The molecule has 0 radical (unpaired) electrons. The SMILES string of the molecule is COP(=O)(CC(=O)CCCCCCCCC(=O)OC(C)(C)C)OC. The van der Waals surface area contributed by atoms with E-state index >= 15 is 0 Å². The third kappa shape index (κ3) is 12.7. The van der Waals surface area contributed by atoms with Crippen molar-refractivity contribution in [1.29, 1.82) is 0 Å². The maximum atomic E-state index is 11.8. The monoisotopic (exact) mass is 364 g/mol. The van der Waals surface area contributed by atoms with Crippen molar-refractivity contribution in [3.8, 4) is 0 Å². The summed E-state index contributed by atoms with van der Waals surface area (Å²) in [6.07, 6.45) is 6.29. The van der Waals surface area contributed by atoms with Gasteiger partial charge in [0, 0.05) is 27.1 Å². The van der Waals surface area contributed by atoms with E-state index in [4.69, 9.17) is 13.8 Å². The van der Waals surface area contributed by atoms with Crippen LogP contribution in [0.15, 0.2) is 0 Å². The summed E-state index contributed by atoms with van der Waals surface area (Å²) < 4.78 is 26.6. The van der Waals surface area contributed by atoms with Gasteiger partial charge in [-0.25, -0.2) is 0 Å². The topological polar surface area (TPSA) is 78.9 Å². The molecule has 142 valence electrons. The highest BCUT2D eigenvalue weighted by Crippen LogP contribution is 2.46. The Morgan fingerprint density at radius 3 is 1.75 bits per heavy atom. The quantitative estimate of drug-likeness (QED) is 0.272. The van der Waals surface area contributed by atoms with Crippen LogP contribution >= 0.6 is 7.60 Å². The Hall–Kier alpha value is -0.710. The van der Waals surface area contributed by atoms with E-state index < -0.39 is 13.2 Å². The van der Waals surface area contributed by atoms with Gasteiger partial charge in [-0.05, 0) is 33.6 Å². The molecule has 7 heteroatoms. The Kier molecular flexibility index (Phi) is 11.4. The molecule has 0 N–H and O–H groups in total. The van der Waals surface area contributed by atoms with Crippen LogP contribution < -0.4 is 0 Å². The molecule has 0 aromatic heterocycles. The summed E-state index contributed by atoms with van der Waals surface area (Å²) in [6, 6.07) is 0. The number of ketones is 1. The van der Waals surface area contributed by atoms with E-state index in [9.17, 15) is 14.2 Å². The number of rotatable bonds is 13. The summed E-state index contributed by atoms with van der Waals surface area (Å²) in [6.45, 7) is 5.60. The van der Waals surface area contributed by atoms with Crippen LogP contribution in [0.1, 0.15) is 72.1 Å². The number of hydrogen-bond acceptors (Lipinski definition) is 6. The summed E-state index contributed by atoms with van der Waals surface area (Å²) in [5, 5.41) is 0. The number of ether oxygens (including phenoxy) is 1. The number of Topliss-reactive ketones (excluding diaryl/α,β-unsaturated/α-hetero) is 1. The Bertz CT molecular complexity index is 419. The van der Waals surface area contributed by atoms with Crippen LogP contribution in [0.5, 0.6) is 0 Å². The Labute approximate surface area is 146 Å². The third-order valence-corrected chi connectivity index (χ3v) is 5.29. The second kappa shape index (κ2) is 11.8. The fourth-order valence-electron chi connectivity index (χ4n) is 2.19. The van der Waals surface area contributed by atoms with Gasteiger partial charge < -0.3 is 13.8 Å². The first kappa shape index (κ1) is 23.3. The van der Waals surface area contributed by atoms with E-state index in [1.807, 2.05) is 20.8 Å². The van der Waals surface area contributed by atoms with E-state index in [0.29, 0.717) is 12.8 Å². The van der Waals surface area contributed by atoms with Crippen molar-refractivity contribution >= 4 is 19.3 Å². The van der Waals surface area contributed by atoms with Gasteiger partial charge in [0.1, 0.15) is 17.5 Å². The molecule has 0 aliphatic rings. The molecule has 0 bridgehead atoms. The summed E-state index contributed by atoms with van der Waals surface area (Å²) in [4.78, 5) is 23.2. The lowest BCUT2D eigenvalue weighted by Gasteiger charge is -2.19. The molecule has 0 rings (SSSR count). The molecule has 0 aromatic carbocycles. The van der Waals surface area contributed by atoms with Gasteiger partial charge in [-0.15, -0.1) is 0 Å². The maximum Gasteiger partial charge on any atom is 0.337 e. The third-order valence-electron chi connectivity index (χ3n) is 3.43. The molecule has 0 saturated heterocycles. The number of hydrogen-bond donors (Lipinski definition) is 0. The number of carbonyl (C=O) groups excluding carboxylic acids is 2. The molecule has 0 heterocycles. The Morgan fingerprint density at radius 1 is 0.833 bits per heavy atom. The van der Waals surface area contributed by atoms with Gasteiger partial charge in [-0.3, -0.25) is 14.2 Å². The highest BCUT2D eigenvalue weighted by molar-refractivity contribution is 7.54. The zero-order valence-electron chi connectivity index (χ0n) is 15.8. The van der Waals surface area contributed by atoms with E-state index in [1.54, 1.807) is 0 Å². The van der Waals surface area contributed by atoms with Crippen LogP contribution in [0.2, 0.25) is 0 Å². The van der Waals surface area contributed by atoms with Gasteiger partial charge in [0.25, 0.3) is 0 Å². The smallest absolute Gasteiger partial charge is 0.337 e. The second-order valence-corrected chi connectivity index (χ2v) is 9.15. The van der Waals surface area contributed by atoms with Gasteiger partial charge in [0.05, 0.1) is 0 Å². The fraction of sp³-hybridized carbons (Fsp3) is 0.882. The molecular weight excluding hydrogens is 331 g/mol. The number of unbranched alkanes of at least 4 members (excludes halogenated alkanes) is 5. The highest BCUT2D eigenvalue weighted by Gasteiger charge is 2.24. The zero-order valence-corrected chi connectivity index (χ0v) is 16.7. The molecule has 0 aromatic rings. The minimum absolute atomic E-state index is 0.0908. The standard InChI is InChI=1S/C17H33O6P/c1-17(2,3)23-16(19)13-11-9-7-6-8-10-12-15(18)14-24(20,21-4)22-5/h6-14H2,1-5H3. The molecule has 0 saturated carbocycles. The first-order valence-electron chi connectivity index (χ1n) is 8.56. The number of carbonyl (C=O) groups is 2. The average Bonchev–Trinajstić information content (AvgIpc) is 2.48. The van der Waals surface area contributed by atoms with Crippen LogP contribution in [0, 0.1) is 0 Å².